The van der Waals surface area contributed by atoms with Gasteiger partial charge in [-0.1, -0.05) is 63.2 Å². The Hall–Kier alpha value is -2.44. The van der Waals surface area contributed by atoms with Crippen molar-refractivity contribution >= 4 is 17.9 Å². The molecular formula is C24H31N5S. The van der Waals surface area contributed by atoms with Gasteiger partial charge in [0, 0.05) is 44.5 Å². The molecule has 0 atom stereocenters. The molecule has 4 rings (SSSR count). The molecule has 30 heavy (non-hydrogen) atoms. The van der Waals surface area contributed by atoms with Crippen LogP contribution in [0.3, 0.4) is 0 Å². The highest BCUT2D eigenvalue weighted by atomic mass is 32.1. The number of aromatic nitrogens is 3. The van der Waals surface area contributed by atoms with Crippen molar-refractivity contribution in [2.24, 2.45) is 7.05 Å². The van der Waals surface area contributed by atoms with Crippen molar-refractivity contribution in [1.82, 2.24) is 19.2 Å². The molecule has 0 saturated carbocycles. The Bertz CT molecular complexity index is 1040. The Morgan fingerprint density at radius 3 is 2.13 bits per heavy atom. The van der Waals surface area contributed by atoms with E-state index in [1.54, 1.807) is 0 Å². The molecule has 1 fully saturated rings. The Kier molecular flexibility index (Phi) is 5.80. The molecule has 1 aliphatic rings. The molecule has 2 heterocycles. The van der Waals surface area contributed by atoms with Crippen LogP contribution < -0.4 is 4.90 Å². The normalized spacial score (nSPS) is 15.5. The predicted octanol–water partition coefficient (Wildman–Crippen LogP) is 4.70. The molecule has 6 heteroatoms. The van der Waals surface area contributed by atoms with Crippen molar-refractivity contribution in [2.45, 2.75) is 32.9 Å². The lowest BCUT2D eigenvalue weighted by Gasteiger charge is -2.35. The van der Waals surface area contributed by atoms with E-state index in [0.717, 1.165) is 49.0 Å². The molecule has 0 bridgehead atoms. The monoisotopic (exact) mass is 421 g/mol. The number of hydrogen-bond donors (Lipinski definition) is 0. The van der Waals surface area contributed by atoms with E-state index in [4.69, 9.17) is 17.3 Å². The van der Waals surface area contributed by atoms with Gasteiger partial charge >= 0.3 is 0 Å². The summed E-state index contributed by atoms with van der Waals surface area (Å²) < 4.78 is 4.73. The fraction of sp³-hybridized carbons (Fsp3) is 0.417. The van der Waals surface area contributed by atoms with Gasteiger partial charge in [-0.05, 0) is 35.3 Å². The SMILES string of the molecule is Cn1c(-c2ccc(C(C)(C)C)cc2)nn(CN2CCN(c3ccccc3)CC2)c1=S. The highest BCUT2D eigenvalue weighted by Crippen LogP contribution is 2.25. The average molecular weight is 422 g/mol. The summed E-state index contributed by atoms with van der Waals surface area (Å²) in [6.45, 7) is 11.5. The summed E-state index contributed by atoms with van der Waals surface area (Å²) in [5.74, 6) is 0.920. The molecule has 5 nitrogen and oxygen atoms in total. The topological polar surface area (TPSA) is 29.2 Å². The van der Waals surface area contributed by atoms with Crippen LogP contribution in [0.25, 0.3) is 11.4 Å². The minimum absolute atomic E-state index is 0.144. The van der Waals surface area contributed by atoms with Crippen molar-refractivity contribution in [1.29, 1.82) is 0 Å². The van der Waals surface area contributed by atoms with E-state index in [0.29, 0.717) is 0 Å². The second-order valence-electron chi connectivity index (χ2n) is 9.07. The molecule has 0 radical (unpaired) electrons. The van der Waals surface area contributed by atoms with Gasteiger partial charge in [-0.15, -0.1) is 0 Å². The highest BCUT2D eigenvalue weighted by Gasteiger charge is 2.19. The van der Waals surface area contributed by atoms with E-state index in [2.05, 4.69) is 85.2 Å². The number of para-hydroxylation sites is 1. The first-order valence-electron chi connectivity index (χ1n) is 10.6. The lowest BCUT2D eigenvalue weighted by atomic mass is 9.87. The van der Waals surface area contributed by atoms with Crippen LogP contribution in [0, 0.1) is 4.77 Å². The number of benzene rings is 2. The molecular weight excluding hydrogens is 390 g/mol. The fourth-order valence-electron chi connectivity index (χ4n) is 3.93. The first-order valence-corrected chi connectivity index (χ1v) is 11.0. The van der Waals surface area contributed by atoms with Gasteiger partial charge in [-0.2, -0.15) is 5.10 Å². The summed E-state index contributed by atoms with van der Waals surface area (Å²) in [7, 11) is 2.01. The average Bonchev–Trinajstić information content (AvgIpc) is 3.03. The van der Waals surface area contributed by atoms with Crippen LogP contribution in [0.1, 0.15) is 26.3 Å². The van der Waals surface area contributed by atoms with Crippen LogP contribution in [0.5, 0.6) is 0 Å². The summed E-state index contributed by atoms with van der Waals surface area (Å²) in [6, 6.07) is 19.3. The number of nitrogens with zero attached hydrogens (tertiary/aromatic N) is 5. The molecule has 0 unspecified atom stereocenters. The molecule has 158 valence electrons. The van der Waals surface area contributed by atoms with Gasteiger partial charge in [0.1, 0.15) is 0 Å². The van der Waals surface area contributed by atoms with E-state index in [1.165, 1.54) is 11.3 Å². The van der Waals surface area contributed by atoms with Crippen LogP contribution in [0.15, 0.2) is 54.6 Å². The van der Waals surface area contributed by atoms with E-state index in [9.17, 15) is 0 Å². The van der Waals surface area contributed by atoms with Crippen molar-refractivity contribution in [3.05, 3.63) is 64.9 Å². The zero-order valence-electron chi connectivity index (χ0n) is 18.4. The van der Waals surface area contributed by atoms with Crippen molar-refractivity contribution in [3.63, 3.8) is 0 Å². The molecule has 0 amide bonds. The van der Waals surface area contributed by atoms with E-state index in [-0.39, 0.29) is 5.41 Å². The minimum atomic E-state index is 0.144. The number of rotatable bonds is 4. The molecule has 0 spiro atoms. The summed E-state index contributed by atoms with van der Waals surface area (Å²) in [6.07, 6.45) is 0. The van der Waals surface area contributed by atoms with Gasteiger partial charge in [0.2, 0.25) is 0 Å². The lowest BCUT2D eigenvalue weighted by Crippen LogP contribution is -2.47. The van der Waals surface area contributed by atoms with E-state index >= 15 is 0 Å². The van der Waals surface area contributed by atoms with Crippen LogP contribution in [-0.4, -0.2) is 45.4 Å². The maximum Gasteiger partial charge on any atom is 0.199 e. The van der Waals surface area contributed by atoms with Crippen molar-refractivity contribution in [3.8, 4) is 11.4 Å². The van der Waals surface area contributed by atoms with Gasteiger partial charge in [0.15, 0.2) is 10.6 Å². The number of hydrogen-bond acceptors (Lipinski definition) is 4. The van der Waals surface area contributed by atoms with E-state index < -0.39 is 0 Å². The maximum atomic E-state index is 5.69. The Labute approximate surface area is 184 Å². The molecule has 0 aliphatic carbocycles. The summed E-state index contributed by atoms with van der Waals surface area (Å²) >= 11 is 5.69. The molecule has 3 aromatic rings. The molecule has 0 N–H and O–H groups in total. The first kappa shape index (κ1) is 20.8. The smallest absolute Gasteiger partial charge is 0.199 e. The standard InChI is InChI=1S/C24H31N5S/c1-24(2,3)20-12-10-19(11-13-20)22-25-29(23(30)26(22)4)18-27-14-16-28(17-15-27)21-8-6-5-7-9-21/h5-13H,14-18H2,1-4H3. The van der Waals surface area contributed by atoms with Crippen LogP contribution >= 0.6 is 12.2 Å². The van der Waals surface area contributed by atoms with Gasteiger partial charge in [0.25, 0.3) is 0 Å². The predicted molar refractivity (Wildman–Crippen MR) is 126 cm³/mol. The second kappa shape index (κ2) is 8.36. The third-order valence-corrected chi connectivity index (χ3v) is 6.36. The summed E-state index contributed by atoms with van der Waals surface area (Å²) in [5, 5.41) is 4.86. The van der Waals surface area contributed by atoms with E-state index in [1.807, 2.05) is 16.3 Å². The van der Waals surface area contributed by atoms with Gasteiger partial charge in [-0.25, -0.2) is 4.68 Å². The lowest BCUT2D eigenvalue weighted by molar-refractivity contribution is 0.194. The quantitative estimate of drug-likeness (QED) is 0.571. The minimum Gasteiger partial charge on any atom is -0.369 e. The second-order valence-corrected chi connectivity index (χ2v) is 9.44. The van der Waals surface area contributed by atoms with Crippen molar-refractivity contribution < 1.29 is 0 Å². The van der Waals surface area contributed by atoms with Gasteiger partial charge < -0.3 is 9.47 Å². The number of piperazine rings is 1. The van der Waals surface area contributed by atoms with Crippen LogP contribution in [0.4, 0.5) is 5.69 Å². The third kappa shape index (κ3) is 4.35. The zero-order valence-corrected chi connectivity index (χ0v) is 19.2. The molecule has 1 saturated heterocycles. The number of anilines is 1. The van der Waals surface area contributed by atoms with Crippen LogP contribution in [-0.2, 0) is 19.1 Å². The van der Waals surface area contributed by atoms with Crippen molar-refractivity contribution in [2.75, 3.05) is 31.1 Å². The summed E-state index contributed by atoms with van der Waals surface area (Å²) in [4.78, 5) is 4.87. The molecule has 2 aromatic carbocycles. The molecule has 1 aliphatic heterocycles. The Balaban J connectivity index is 1.46. The first-order chi connectivity index (χ1) is 14.3. The molecule has 1 aromatic heterocycles. The third-order valence-electron chi connectivity index (χ3n) is 5.88. The largest absolute Gasteiger partial charge is 0.369 e. The summed E-state index contributed by atoms with van der Waals surface area (Å²) in [5.41, 5.74) is 3.87. The zero-order chi connectivity index (χ0) is 21.3. The van der Waals surface area contributed by atoms with Crippen LogP contribution in [0.2, 0.25) is 0 Å². The fourth-order valence-corrected chi connectivity index (χ4v) is 4.11. The van der Waals surface area contributed by atoms with Gasteiger partial charge in [0.05, 0.1) is 6.67 Å². The Morgan fingerprint density at radius 2 is 1.53 bits per heavy atom. The Morgan fingerprint density at radius 1 is 0.900 bits per heavy atom. The highest BCUT2D eigenvalue weighted by molar-refractivity contribution is 7.71. The van der Waals surface area contributed by atoms with Gasteiger partial charge in [-0.3, -0.25) is 4.90 Å². The maximum absolute atomic E-state index is 5.69.